The van der Waals surface area contributed by atoms with Crippen LogP contribution < -0.4 is 0 Å². The predicted molar refractivity (Wildman–Crippen MR) is 61.6 cm³/mol. The van der Waals surface area contributed by atoms with E-state index < -0.39 is 0 Å². The Labute approximate surface area is 90.8 Å². The molecule has 0 amide bonds. The van der Waals surface area contributed by atoms with Gasteiger partial charge >= 0.3 is 0 Å². The molecule has 0 heterocycles. The maximum absolute atomic E-state index is 11.1. The van der Waals surface area contributed by atoms with Gasteiger partial charge in [0.05, 0.1) is 0 Å². The highest BCUT2D eigenvalue weighted by Gasteiger charge is 2.25. The minimum absolute atomic E-state index is 0.162. The van der Waals surface area contributed by atoms with Gasteiger partial charge in [-0.15, -0.1) is 0 Å². The summed E-state index contributed by atoms with van der Waals surface area (Å²) in [7, 11) is 0. The van der Waals surface area contributed by atoms with Crippen LogP contribution in [0.5, 0.6) is 0 Å². The number of hydrogen-bond acceptors (Lipinski definition) is 1. The summed E-state index contributed by atoms with van der Waals surface area (Å²) >= 11 is 0. The van der Waals surface area contributed by atoms with Crippen LogP contribution in [-0.2, 0) is 11.2 Å². The molecule has 0 radical (unpaired) electrons. The van der Waals surface area contributed by atoms with Crippen LogP contribution in [0.4, 0.5) is 0 Å². The van der Waals surface area contributed by atoms with Gasteiger partial charge in [-0.1, -0.05) is 43.3 Å². The zero-order valence-corrected chi connectivity index (χ0v) is 9.07. The number of carbonyl (C=O) groups is 1. The molecule has 15 heavy (non-hydrogen) atoms. The summed E-state index contributed by atoms with van der Waals surface area (Å²) in [5.74, 6) is 0.264. The second-order valence-corrected chi connectivity index (χ2v) is 4.62. The Bertz CT molecular complexity index is 378. The molecular formula is C14H16O. The molecule has 1 aromatic rings. The molecule has 78 valence electrons. The van der Waals surface area contributed by atoms with Gasteiger partial charge in [0.15, 0.2) is 5.78 Å². The van der Waals surface area contributed by atoms with Gasteiger partial charge in [-0.2, -0.15) is 0 Å². The van der Waals surface area contributed by atoms with E-state index in [4.69, 9.17) is 0 Å². The highest BCUT2D eigenvalue weighted by Crippen LogP contribution is 2.32. The predicted octanol–water partition coefficient (Wildman–Crippen LogP) is 3.15. The van der Waals surface area contributed by atoms with Crippen LogP contribution in [0.3, 0.4) is 0 Å². The number of hydrogen-bond donors (Lipinski definition) is 0. The third-order valence-electron chi connectivity index (χ3n) is 3.06. The van der Waals surface area contributed by atoms with Gasteiger partial charge < -0.3 is 0 Å². The molecule has 0 saturated heterocycles. The lowest BCUT2D eigenvalue weighted by Gasteiger charge is -2.28. The fourth-order valence-electron chi connectivity index (χ4n) is 2.08. The zero-order chi connectivity index (χ0) is 10.7. The molecule has 2 rings (SSSR count). The molecular weight excluding hydrogens is 184 g/mol. The summed E-state index contributed by atoms with van der Waals surface area (Å²) in [5, 5.41) is 0. The van der Waals surface area contributed by atoms with E-state index >= 15 is 0 Å². The maximum Gasteiger partial charge on any atom is 0.155 e. The topological polar surface area (TPSA) is 17.1 Å². The number of rotatable bonds is 2. The van der Waals surface area contributed by atoms with Crippen LogP contribution in [0.2, 0.25) is 0 Å². The Morgan fingerprint density at radius 2 is 2.00 bits per heavy atom. The molecule has 0 aromatic heterocycles. The second kappa shape index (κ2) is 4.01. The summed E-state index contributed by atoms with van der Waals surface area (Å²) < 4.78 is 0. The van der Waals surface area contributed by atoms with Gasteiger partial charge in [-0.05, 0) is 29.9 Å². The molecule has 0 bridgehead atoms. The van der Waals surface area contributed by atoms with E-state index in [1.54, 1.807) is 6.08 Å². The fraction of sp³-hybridized carbons (Fsp3) is 0.357. The normalized spacial score (nSPS) is 25.5. The van der Waals surface area contributed by atoms with E-state index in [1.165, 1.54) is 5.56 Å². The lowest BCUT2D eigenvalue weighted by molar-refractivity contribution is -0.115. The Morgan fingerprint density at radius 1 is 1.27 bits per heavy atom. The minimum atomic E-state index is 0.162. The van der Waals surface area contributed by atoms with Crippen molar-refractivity contribution in [2.75, 3.05) is 0 Å². The minimum Gasteiger partial charge on any atom is -0.295 e. The van der Waals surface area contributed by atoms with Crippen LogP contribution in [0, 0.1) is 5.41 Å². The van der Waals surface area contributed by atoms with E-state index in [0.29, 0.717) is 6.42 Å². The molecule has 1 aliphatic rings. The first-order valence-electron chi connectivity index (χ1n) is 5.44. The largest absolute Gasteiger partial charge is 0.295 e. The van der Waals surface area contributed by atoms with Gasteiger partial charge in [-0.3, -0.25) is 4.79 Å². The standard InChI is InChI=1S/C14H16O/c1-14(9-7-13(15)8-10-14)11-12-5-3-2-4-6-12/h2-7,9H,8,10-11H2,1H3. The quantitative estimate of drug-likeness (QED) is 0.716. The van der Waals surface area contributed by atoms with Gasteiger partial charge in [0.2, 0.25) is 0 Å². The number of benzene rings is 1. The van der Waals surface area contributed by atoms with Gasteiger partial charge in [0, 0.05) is 6.42 Å². The molecule has 1 heteroatoms. The molecule has 0 aliphatic heterocycles. The SMILES string of the molecule is CC1(Cc2ccccc2)C=CC(=O)CC1. The third kappa shape index (κ3) is 2.56. The molecule has 0 spiro atoms. The molecule has 1 atom stereocenters. The monoisotopic (exact) mass is 200 g/mol. The average molecular weight is 200 g/mol. The molecule has 0 saturated carbocycles. The molecule has 1 unspecified atom stereocenters. The van der Waals surface area contributed by atoms with Crippen molar-refractivity contribution in [2.24, 2.45) is 5.41 Å². The Hall–Kier alpha value is -1.37. The first kappa shape index (κ1) is 10.2. The molecule has 1 aliphatic carbocycles. The Balaban J connectivity index is 2.12. The van der Waals surface area contributed by atoms with Crippen molar-refractivity contribution in [3.05, 3.63) is 48.0 Å². The van der Waals surface area contributed by atoms with Crippen molar-refractivity contribution in [2.45, 2.75) is 26.2 Å². The van der Waals surface area contributed by atoms with Crippen molar-refractivity contribution in [1.82, 2.24) is 0 Å². The van der Waals surface area contributed by atoms with Gasteiger partial charge in [-0.25, -0.2) is 0 Å². The van der Waals surface area contributed by atoms with E-state index in [0.717, 1.165) is 12.8 Å². The van der Waals surface area contributed by atoms with Crippen molar-refractivity contribution >= 4 is 5.78 Å². The van der Waals surface area contributed by atoms with Crippen LogP contribution in [-0.4, -0.2) is 5.78 Å². The smallest absolute Gasteiger partial charge is 0.155 e. The maximum atomic E-state index is 11.1. The lowest BCUT2D eigenvalue weighted by Crippen LogP contribution is -2.21. The van der Waals surface area contributed by atoms with E-state index in [2.05, 4.69) is 37.3 Å². The van der Waals surface area contributed by atoms with Crippen molar-refractivity contribution in [3.8, 4) is 0 Å². The Kier molecular flexibility index (Phi) is 2.72. The molecule has 0 N–H and O–H groups in total. The fourth-order valence-corrected chi connectivity index (χ4v) is 2.08. The van der Waals surface area contributed by atoms with Gasteiger partial charge in [0.1, 0.15) is 0 Å². The number of ketones is 1. The third-order valence-corrected chi connectivity index (χ3v) is 3.06. The summed E-state index contributed by atoms with van der Waals surface area (Å²) in [6.45, 7) is 2.23. The zero-order valence-electron chi connectivity index (χ0n) is 9.07. The van der Waals surface area contributed by atoms with Crippen LogP contribution >= 0.6 is 0 Å². The highest BCUT2D eigenvalue weighted by molar-refractivity contribution is 5.90. The van der Waals surface area contributed by atoms with Crippen molar-refractivity contribution in [1.29, 1.82) is 0 Å². The van der Waals surface area contributed by atoms with Crippen LogP contribution in [0.1, 0.15) is 25.3 Å². The van der Waals surface area contributed by atoms with E-state index in [1.807, 2.05) is 6.07 Å². The van der Waals surface area contributed by atoms with Crippen LogP contribution in [0.15, 0.2) is 42.5 Å². The number of carbonyl (C=O) groups excluding carboxylic acids is 1. The summed E-state index contributed by atoms with van der Waals surface area (Å²) in [5.41, 5.74) is 1.51. The van der Waals surface area contributed by atoms with E-state index in [-0.39, 0.29) is 11.2 Å². The summed E-state index contributed by atoms with van der Waals surface area (Å²) in [6, 6.07) is 10.5. The van der Waals surface area contributed by atoms with Gasteiger partial charge in [0.25, 0.3) is 0 Å². The first-order valence-corrected chi connectivity index (χ1v) is 5.44. The molecule has 0 fully saturated rings. The summed E-state index contributed by atoms with van der Waals surface area (Å²) in [4.78, 5) is 11.1. The molecule has 1 nitrogen and oxygen atoms in total. The van der Waals surface area contributed by atoms with Crippen molar-refractivity contribution in [3.63, 3.8) is 0 Å². The second-order valence-electron chi connectivity index (χ2n) is 4.62. The lowest BCUT2D eigenvalue weighted by atomic mass is 9.76. The number of allylic oxidation sites excluding steroid dienone is 2. The average Bonchev–Trinajstić information content (AvgIpc) is 2.24. The Morgan fingerprint density at radius 3 is 2.60 bits per heavy atom. The highest BCUT2D eigenvalue weighted by atomic mass is 16.1. The first-order chi connectivity index (χ1) is 7.18. The molecule has 1 aromatic carbocycles. The van der Waals surface area contributed by atoms with Crippen molar-refractivity contribution < 1.29 is 4.79 Å². The van der Waals surface area contributed by atoms with E-state index in [9.17, 15) is 4.79 Å². The summed E-state index contributed by atoms with van der Waals surface area (Å²) in [6.07, 6.45) is 6.51. The van der Waals surface area contributed by atoms with Crippen LogP contribution in [0.25, 0.3) is 0 Å².